The fourth-order valence-electron chi connectivity index (χ4n) is 1.17. The molecular weight excluding hydrogens is 186 g/mol. The summed E-state index contributed by atoms with van der Waals surface area (Å²) in [7, 11) is 0. The van der Waals surface area contributed by atoms with Crippen LogP contribution in [-0.4, -0.2) is 5.78 Å². The van der Waals surface area contributed by atoms with Crippen molar-refractivity contribution in [3.8, 4) is 6.07 Å². The maximum atomic E-state index is 10.9. The maximum Gasteiger partial charge on any atom is 0.257 e. The van der Waals surface area contributed by atoms with Crippen LogP contribution < -0.4 is 0 Å². The summed E-state index contributed by atoms with van der Waals surface area (Å²) in [6.45, 7) is 9.13. The van der Waals surface area contributed by atoms with E-state index < -0.39 is 5.78 Å². The summed E-state index contributed by atoms with van der Waals surface area (Å²) in [4.78, 5) is 10.9. The second-order valence-corrected chi connectivity index (χ2v) is 3.46. The molecule has 0 atom stereocenters. The second kappa shape index (κ2) is 7.75. The van der Waals surface area contributed by atoms with Crippen LogP contribution in [0, 0.1) is 11.3 Å². The predicted molar refractivity (Wildman–Crippen MR) is 62.2 cm³/mol. The Labute approximate surface area is 91.6 Å². The molecule has 2 heteroatoms. The molecule has 0 aromatic carbocycles. The van der Waals surface area contributed by atoms with Crippen molar-refractivity contribution in [3.05, 3.63) is 36.5 Å². The summed E-state index contributed by atoms with van der Waals surface area (Å²) < 4.78 is 0. The van der Waals surface area contributed by atoms with E-state index in [2.05, 4.69) is 13.2 Å². The van der Waals surface area contributed by atoms with Gasteiger partial charge in [-0.05, 0) is 32.6 Å². The molecule has 2 nitrogen and oxygen atoms in total. The van der Waals surface area contributed by atoms with Crippen molar-refractivity contribution in [1.82, 2.24) is 0 Å². The molecular formula is C13H17NO. The summed E-state index contributed by atoms with van der Waals surface area (Å²) in [6.07, 6.45) is 7.58. The van der Waals surface area contributed by atoms with Crippen molar-refractivity contribution < 1.29 is 4.79 Å². The Hall–Kier alpha value is -1.62. The minimum atomic E-state index is -0.484. The van der Waals surface area contributed by atoms with Gasteiger partial charge in [0, 0.05) is 5.57 Å². The van der Waals surface area contributed by atoms with Gasteiger partial charge in [-0.15, -0.1) is 6.58 Å². The Morgan fingerprint density at radius 1 is 1.47 bits per heavy atom. The molecule has 0 aliphatic rings. The van der Waals surface area contributed by atoms with E-state index in [1.807, 2.05) is 6.08 Å². The fourth-order valence-corrected chi connectivity index (χ4v) is 1.17. The first-order chi connectivity index (χ1) is 7.11. The molecule has 0 aromatic heterocycles. The number of allylic oxidation sites excluding steroid dienone is 4. The smallest absolute Gasteiger partial charge is 0.257 e. The SMILES string of the molecule is C=CCCCCC(=C)/C=C(\C)C(=O)C#N. The highest BCUT2D eigenvalue weighted by Gasteiger charge is 2.01. The molecule has 0 unspecified atom stereocenters. The normalized spacial score (nSPS) is 10.5. The van der Waals surface area contributed by atoms with Crippen molar-refractivity contribution in [2.24, 2.45) is 0 Å². The summed E-state index contributed by atoms with van der Waals surface area (Å²) in [6, 6.07) is 1.58. The Kier molecular flexibility index (Phi) is 6.92. The Morgan fingerprint density at radius 3 is 2.67 bits per heavy atom. The van der Waals surface area contributed by atoms with Gasteiger partial charge in [-0.2, -0.15) is 5.26 Å². The quantitative estimate of drug-likeness (QED) is 0.209. The Morgan fingerprint density at radius 2 is 2.13 bits per heavy atom. The molecule has 0 heterocycles. The van der Waals surface area contributed by atoms with Crippen molar-refractivity contribution in [3.63, 3.8) is 0 Å². The zero-order valence-corrected chi connectivity index (χ0v) is 9.25. The van der Waals surface area contributed by atoms with Crippen molar-refractivity contribution >= 4 is 5.78 Å². The van der Waals surface area contributed by atoms with E-state index in [0.717, 1.165) is 31.3 Å². The standard InChI is InChI=1S/C13H17NO/c1-4-5-6-7-8-11(2)9-12(3)13(15)10-14/h4,9H,1-2,5-8H2,3H3/b12-9+. The molecule has 0 N–H and O–H groups in total. The van der Waals surface area contributed by atoms with Crippen LogP contribution in [0.2, 0.25) is 0 Å². The molecule has 0 bridgehead atoms. The van der Waals surface area contributed by atoms with Crippen LogP contribution in [0.25, 0.3) is 0 Å². The van der Waals surface area contributed by atoms with E-state index in [1.54, 1.807) is 19.1 Å². The molecule has 0 saturated heterocycles. The molecule has 0 fully saturated rings. The zero-order chi connectivity index (χ0) is 11.7. The largest absolute Gasteiger partial charge is 0.277 e. The van der Waals surface area contributed by atoms with E-state index >= 15 is 0 Å². The molecule has 80 valence electrons. The van der Waals surface area contributed by atoms with Crippen LogP contribution in [0.1, 0.15) is 32.6 Å². The van der Waals surface area contributed by atoms with Crippen LogP contribution in [0.4, 0.5) is 0 Å². The number of unbranched alkanes of at least 4 members (excludes halogenated alkanes) is 2. The summed E-state index contributed by atoms with van der Waals surface area (Å²) in [5.74, 6) is -0.484. The van der Waals surface area contributed by atoms with E-state index in [4.69, 9.17) is 5.26 Å². The van der Waals surface area contributed by atoms with E-state index in [1.165, 1.54) is 0 Å². The third-order valence-electron chi connectivity index (χ3n) is 2.04. The lowest BCUT2D eigenvalue weighted by Crippen LogP contribution is -1.94. The molecule has 0 saturated carbocycles. The molecule has 0 radical (unpaired) electrons. The second-order valence-electron chi connectivity index (χ2n) is 3.46. The Balaban J connectivity index is 3.97. The van der Waals surface area contributed by atoms with Crippen LogP contribution in [-0.2, 0) is 4.79 Å². The molecule has 0 aromatic rings. The molecule has 0 rings (SSSR count). The van der Waals surface area contributed by atoms with Crippen LogP contribution >= 0.6 is 0 Å². The van der Waals surface area contributed by atoms with Gasteiger partial charge in [0.15, 0.2) is 0 Å². The molecule has 0 aliphatic carbocycles. The van der Waals surface area contributed by atoms with E-state index in [9.17, 15) is 4.79 Å². The topological polar surface area (TPSA) is 40.9 Å². The molecule has 15 heavy (non-hydrogen) atoms. The minimum Gasteiger partial charge on any atom is -0.277 e. The maximum absolute atomic E-state index is 10.9. The zero-order valence-electron chi connectivity index (χ0n) is 9.25. The number of rotatable bonds is 7. The lowest BCUT2D eigenvalue weighted by molar-refractivity contribution is -0.110. The highest BCUT2D eigenvalue weighted by atomic mass is 16.1. The number of carbonyl (C=O) groups is 1. The molecule has 0 amide bonds. The first-order valence-electron chi connectivity index (χ1n) is 5.03. The van der Waals surface area contributed by atoms with Crippen molar-refractivity contribution in [2.45, 2.75) is 32.6 Å². The number of hydrogen-bond acceptors (Lipinski definition) is 2. The van der Waals surface area contributed by atoms with Crippen LogP contribution in [0.5, 0.6) is 0 Å². The Bertz CT molecular complexity index is 318. The average molecular weight is 203 g/mol. The fraction of sp³-hybridized carbons (Fsp3) is 0.385. The minimum absolute atomic E-state index is 0.464. The van der Waals surface area contributed by atoms with Gasteiger partial charge in [0.1, 0.15) is 6.07 Å². The number of carbonyl (C=O) groups excluding carboxylic acids is 1. The number of nitriles is 1. The highest BCUT2D eigenvalue weighted by Crippen LogP contribution is 2.11. The van der Waals surface area contributed by atoms with Gasteiger partial charge >= 0.3 is 0 Å². The average Bonchev–Trinajstić information content (AvgIpc) is 2.23. The van der Waals surface area contributed by atoms with Gasteiger partial charge in [0.05, 0.1) is 0 Å². The van der Waals surface area contributed by atoms with Crippen molar-refractivity contribution in [2.75, 3.05) is 0 Å². The first-order valence-corrected chi connectivity index (χ1v) is 5.03. The number of ketones is 1. The van der Waals surface area contributed by atoms with Crippen LogP contribution in [0.3, 0.4) is 0 Å². The van der Waals surface area contributed by atoms with Gasteiger partial charge in [-0.1, -0.05) is 24.3 Å². The van der Waals surface area contributed by atoms with Gasteiger partial charge < -0.3 is 0 Å². The monoisotopic (exact) mass is 203 g/mol. The van der Waals surface area contributed by atoms with Gasteiger partial charge in [-0.3, -0.25) is 4.79 Å². The third-order valence-corrected chi connectivity index (χ3v) is 2.04. The number of nitrogens with zero attached hydrogens (tertiary/aromatic N) is 1. The van der Waals surface area contributed by atoms with E-state index in [0.29, 0.717) is 5.57 Å². The van der Waals surface area contributed by atoms with Gasteiger partial charge in [-0.25, -0.2) is 0 Å². The first kappa shape index (κ1) is 13.4. The number of hydrogen-bond donors (Lipinski definition) is 0. The van der Waals surface area contributed by atoms with Gasteiger partial charge in [0.25, 0.3) is 5.78 Å². The third kappa shape index (κ3) is 6.45. The summed E-state index contributed by atoms with van der Waals surface area (Å²) in [5, 5.41) is 8.38. The van der Waals surface area contributed by atoms with Crippen molar-refractivity contribution in [1.29, 1.82) is 5.26 Å². The highest BCUT2D eigenvalue weighted by molar-refractivity contribution is 6.06. The van der Waals surface area contributed by atoms with Crippen LogP contribution in [0.15, 0.2) is 36.5 Å². The summed E-state index contributed by atoms with van der Waals surface area (Å²) >= 11 is 0. The predicted octanol–water partition coefficient (Wildman–Crippen LogP) is 3.33. The molecule has 0 aliphatic heterocycles. The lowest BCUT2D eigenvalue weighted by atomic mass is 10.0. The number of Topliss-reactive ketones (excluding diaryl/α,β-unsaturated/α-hetero) is 1. The molecule has 0 spiro atoms. The lowest BCUT2D eigenvalue weighted by Gasteiger charge is -2.00. The van der Waals surface area contributed by atoms with Gasteiger partial charge in [0.2, 0.25) is 0 Å². The van der Waals surface area contributed by atoms with E-state index in [-0.39, 0.29) is 0 Å². The summed E-state index contributed by atoms with van der Waals surface area (Å²) in [5.41, 5.74) is 1.37.